The molecule has 2 amide bonds. The number of aromatic nitrogens is 1. The van der Waals surface area contributed by atoms with Gasteiger partial charge in [-0.05, 0) is 37.1 Å². The Hall–Kier alpha value is -2.60. The van der Waals surface area contributed by atoms with Crippen LogP contribution in [0.5, 0.6) is 5.75 Å². The molecule has 5 nitrogen and oxygen atoms in total. The average Bonchev–Trinajstić information content (AvgIpc) is 3.13. The molecule has 0 radical (unpaired) electrons. The van der Waals surface area contributed by atoms with Crippen molar-refractivity contribution in [2.24, 2.45) is 0 Å². The van der Waals surface area contributed by atoms with E-state index in [1.165, 1.54) is 9.71 Å². The second-order valence-corrected chi connectivity index (χ2v) is 7.47. The molecule has 1 aliphatic rings. The van der Waals surface area contributed by atoms with Gasteiger partial charge >= 0.3 is 6.03 Å². The van der Waals surface area contributed by atoms with Gasteiger partial charge in [0.1, 0.15) is 5.75 Å². The number of urea groups is 1. The Morgan fingerprint density at radius 1 is 1.15 bits per heavy atom. The van der Waals surface area contributed by atoms with E-state index in [9.17, 15) is 4.79 Å². The van der Waals surface area contributed by atoms with Gasteiger partial charge in [-0.1, -0.05) is 24.3 Å². The molecule has 0 aliphatic carbocycles. The molecule has 1 saturated heterocycles. The van der Waals surface area contributed by atoms with Crippen LogP contribution >= 0.6 is 11.3 Å². The third kappa shape index (κ3) is 3.37. The lowest BCUT2D eigenvalue weighted by Gasteiger charge is -2.31. The number of thiazole rings is 1. The zero-order chi connectivity index (χ0) is 17.9. The van der Waals surface area contributed by atoms with Gasteiger partial charge < -0.3 is 15.0 Å². The zero-order valence-corrected chi connectivity index (χ0v) is 15.5. The summed E-state index contributed by atoms with van der Waals surface area (Å²) in [6.07, 6.45) is 1.89. The number of fused-ring (bicyclic) bond motifs is 1. The number of ether oxygens (including phenoxy) is 1. The summed E-state index contributed by atoms with van der Waals surface area (Å²) in [6, 6.07) is 15.6. The number of amides is 2. The molecule has 0 saturated carbocycles. The Balaban J connectivity index is 1.39. The number of nitrogens with zero attached hydrogens (tertiary/aromatic N) is 2. The third-order valence-corrected chi connectivity index (χ3v) is 5.99. The molecular formula is C20H21N3O2S. The number of rotatable bonds is 3. The molecule has 0 atom stereocenters. The van der Waals surface area contributed by atoms with Gasteiger partial charge in [-0.15, -0.1) is 11.3 Å². The van der Waals surface area contributed by atoms with Crippen LogP contribution in [0.15, 0.2) is 48.5 Å². The smallest absolute Gasteiger partial charge is 0.321 e. The van der Waals surface area contributed by atoms with E-state index in [1.807, 2.05) is 35.2 Å². The first-order valence-electron chi connectivity index (χ1n) is 8.79. The van der Waals surface area contributed by atoms with Crippen LogP contribution in [-0.2, 0) is 0 Å². The van der Waals surface area contributed by atoms with Gasteiger partial charge in [0.2, 0.25) is 0 Å². The maximum absolute atomic E-state index is 12.6. The van der Waals surface area contributed by atoms with Crippen LogP contribution in [-0.4, -0.2) is 36.1 Å². The maximum atomic E-state index is 12.6. The van der Waals surface area contributed by atoms with Gasteiger partial charge in [-0.2, -0.15) is 0 Å². The van der Waals surface area contributed by atoms with E-state index in [1.54, 1.807) is 18.4 Å². The van der Waals surface area contributed by atoms with Gasteiger partial charge in [0.15, 0.2) is 0 Å². The van der Waals surface area contributed by atoms with Gasteiger partial charge in [0.05, 0.1) is 28.0 Å². The third-order valence-electron chi connectivity index (χ3n) is 4.79. The number of likely N-dealkylation sites (tertiary alicyclic amines) is 1. The molecule has 1 N–H and O–H groups in total. The van der Waals surface area contributed by atoms with Gasteiger partial charge in [-0.3, -0.25) is 0 Å². The highest BCUT2D eigenvalue weighted by molar-refractivity contribution is 7.18. The quantitative estimate of drug-likeness (QED) is 0.729. The molecule has 1 aliphatic heterocycles. The second kappa shape index (κ2) is 7.33. The van der Waals surface area contributed by atoms with Crippen molar-refractivity contribution in [3.63, 3.8) is 0 Å². The number of carbonyl (C=O) groups is 1. The fourth-order valence-corrected chi connectivity index (χ4v) is 4.47. The highest BCUT2D eigenvalue weighted by Gasteiger charge is 2.26. The molecule has 2 heterocycles. The van der Waals surface area contributed by atoms with Crippen LogP contribution in [0.3, 0.4) is 0 Å². The SMILES string of the molecule is COc1ccccc1NC(=O)N1CCC(c2nc3ccccc3s2)CC1. The summed E-state index contributed by atoms with van der Waals surface area (Å²) in [5.41, 5.74) is 1.78. The van der Waals surface area contributed by atoms with E-state index in [4.69, 9.17) is 9.72 Å². The lowest BCUT2D eigenvalue weighted by Crippen LogP contribution is -2.40. The summed E-state index contributed by atoms with van der Waals surface area (Å²) >= 11 is 1.77. The Labute approximate surface area is 156 Å². The summed E-state index contributed by atoms with van der Waals surface area (Å²) in [5.74, 6) is 1.10. The Morgan fingerprint density at radius 3 is 2.65 bits per heavy atom. The first-order valence-corrected chi connectivity index (χ1v) is 9.60. The predicted molar refractivity (Wildman–Crippen MR) is 105 cm³/mol. The fourth-order valence-electron chi connectivity index (χ4n) is 3.34. The number of hydrogen-bond acceptors (Lipinski definition) is 4. The lowest BCUT2D eigenvalue weighted by atomic mass is 9.98. The first kappa shape index (κ1) is 16.8. The normalized spacial score (nSPS) is 15.2. The van der Waals surface area contributed by atoms with Crippen LogP contribution in [0.1, 0.15) is 23.8 Å². The summed E-state index contributed by atoms with van der Waals surface area (Å²) in [5, 5.41) is 4.15. The summed E-state index contributed by atoms with van der Waals surface area (Å²) in [6.45, 7) is 1.48. The Bertz CT molecular complexity index is 883. The van der Waals surface area contributed by atoms with Crippen molar-refractivity contribution >= 4 is 33.3 Å². The molecule has 134 valence electrons. The van der Waals surface area contributed by atoms with E-state index in [-0.39, 0.29) is 6.03 Å². The standard InChI is InChI=1S/C20H21N3O2S/c1-25-17-8-4-2-6-15(17)22-20(24)23-12-10-14(11-13-23)19-21-16-7-3-5-9-18(16)26-19/h2-9,14H,10-13H2,1H3,(H,22,24). The molecule has 0 unspecified atom stereocenters. The second-order valence-electron chi connectivity index (χ2n) is 6.41. The van der Waals surface area contributed by atoms with Crippen LogP contribution in [0, 0.1) is 0 Å². The molecule has 6 heteroatoms. The number of carbonyl (C=O) groups excluding carboxylic acids is 1. The number of methoxy groups -OCH3 is 1. The molecule has 2 aromatic carbocycles. The van der Waals surface area contributed by atoms with E-state index < -0.39 is 0 Å². The number of hydrogen-bond donors (Lipinski definition) is 1. The molecule has 1 aromatic heterocycles. The summed E-state index contributed by atoms with van der Waals surface area (Å²) < 4.78 is 6.53. The van der Waals surface area contributed by atoms with Crippen molar-refractivity contribution in [3.8, 4) is 5.75 Å². The van der Waals surface area contributed by atoms with E-state index in [0.29, 0.717) is 17.4 Å². The molecule has 1 fully saturated rings. The number of nitrogens with one attached hydrogen (secondary N) is 1. The van der Waals surface area contributed by atoms with Crippen molar-refractivity contribution in [2.75, 3.05) is 25.5 Å². The fraction of sp³-hybridized carbons (Fsp3) is 0.300. The van der Waals surface area contributed by atoms with Crippen molar-refractivity contribution in [1.29, 1.82) is 0 Å². The summed E-state index contributed by atoms with van der Waals surface area (Å²) in [7, 11) is 1.61. The minimum absolute atomic E-state index is 0.0720. The predicted octanol–water partition coefficient (Wildman–Crippen LogP) is 4.72. The molecule has 0 bridgehead atoms. The molecule has 4 rings (SSSR count). The Kier molecular flexibility index (Phi) is 4.75. The monoisotopic (exact) mass is 367 g/mol. The highest BCUT2D eigenvalue weighted by Crippen LogP contribution is 2.34. The van der Waals surface area contributed by atoms with Crippen LogP contribution < -0.4 is 10.1 Å². The number of anilines is 1. The van der Waals surface area contributed by atoms with Crippen molar-refractivity contribution in [3.05, 3.63) is 53.5 Å². The molecule has 3 aromatic rings. The number of para-hydroxylation sites is 3. The molecule has 0 spiro atoms. The average molecular weight is 367 g/mol. The van der Waals surface area contributed by atoms with E-state index >= 15 is 0 Å². The van der Waals surface area contributed by atoms with Crippen LogP contribution in [0.4, 0.5) is 10.5 Å². The molecule has 26 heavy (non-hydrogen) atoms. The minimum atomic E-state index is -0.0720. The van der Waals surface area contributed by atoms with Crippen LogP contribution in [0.2, 0.25) is 0 Å². The first-order chi connectivity index (χ1) is 12.7. The van der Waals surface area contributed by atoms with Crippen molar-refractivity contribution in [2.45, 2.75) is 18.8 Å². The minimum Gasteiger partial charge on any atom is -0.495 e. The van der Waals surface area contributed by atoms with Crippen molar-refractivity contribution in [1.82, 2.24) is 9.88 Å². The van der Waals surface area contributed by atoms with Gasteiger partial charge in [0.25, 0.3) is 0 Å². The highest BCUT2D eigenvalue weighted by atomic mass is 32.1. The zero-order valence-electron chi connectivity index (χ0n) is 14.6. The van der Waals surface area contributed by atoms with Gasteiger partial charge in [-0.25, -0.2) is 9.78 Å². The van der Waals surface area contributed by atoms with E-state index in [0.717, 1.165) is 31.4 Å². The number of piperidine rings is 1. The largest absolute Gasteiger partial charge is 0.495 e. The topological polar surface area (TPSA) is 54.5 Å². The summed E-state index contributed by atoms with van der Waals surface area (Å²) in [4.78, 5) is 19.2. The Morgan fingerprint density at radius 2 is 1.88 bits per heavy atom. The van der Waals surface area contributed by atoms with Gasteiger partial charge in [0, 0.05) is 19.0 Å². The molecular weight excluding hydrogens is 346 g/mol. The lowest BCUT2D eigenvalue weighted by molar-refractivity contribution is 0.194. The van der Waals surface area contributed by atoms with Crippen LogP contribution in [0.25, 0.3) is 10.2 Å². The maximum Gasteiger partial charge on any atom is 0.321 e. The van der Waals surface area contributed by atoms with Crippen molar-refractivity contribution < 1.29 is 9.53 Å². The number of benzene rings is 2. The van der Waals surface area contributed by atoms with E-state index in [2.05, 4.69) is 23.5 Å².